The van der Waals surface area contributed by atoms with Crippen LogP contribution in [0.25, 0.3) is 11.0 Å². The molecule has 1 saturated heterocycles. The molecule has 0 aromatic carbocycles. The van der Waals surface area contributed by atoms with Crippen molar-refractivity contribution < 1.29 is 9.53 Å². The molecule has 154 valence electrons. The Kier molecular flexibility index (Phi) is 6.18. The molecule has 8 nitrogen and oxygen atoms in total. The van der Waals surface area contributed by atoms with E-state index in [4.69, 9.17) is 10.00 Å². The summed E-state index contributed by atoms with van der Waals surface area (Å²) in [5.74, 6) is 0. The highest BCUT2D eigenvalue weighted by molar-refractivity contribution is 5.75. The SMILES string of the molecule is CC(C)(C)OC(=O)NC1CCN(CCn2c(=O)ccc3ncc(C#N)cc32)CC1. The third kappa shape index (κ3) is 5.55. The molecule has 3 rings (SSSR count). The van der Waals surface area contributed by atoms with Crippen LogP contribution in [-0.2, 0) is 11.3 Å². The Morgan fingerprint density at radius 1 is 1.31 bits per heavy atom. The summed E-state index contributed by atoms with van der Waals surface area (Å²) in [6, 6.07) is 7.08. The van der Waals surface area contributed by atoms with Crippen molar-refractivity contribution in [2.24, 2.45) is 0 Å². The molecule has 0 unspecified atom stereocenters. The zero-order valence-electron chi connectivity index (χ0n) is 17.1. The topological polar surface area (TPSA) is 100 Å². The van der Waals surface area contributed by atoms with E-state index in [1.54, 1.807) is 16.7 Å². The predicted octanol–water partition coefficient (Wildman–Crippen LogP) is 2.26. The minimum atomic E-state index is -0.503. The van der Waals surface area contributed by atoms with Crippen molar-refractivity contribution in [3.05, 3.63) is 40.3 Å². The highest BCUT2D eigenvalue weighted by Gasteiger charge is 2.23. The summed E-state index contributed by atoms with van der Waals surface area (Å²) in [7, 11) is 0. The van der Waals surface area contributed by atoms with Gasteiger partial charge in [-0.05, 0) is 45.7 Å². The van der Waals surface area contributed by atoms with Gasteiger partial charge in [0.25, 0.3) is 5.56 Å². The number of rotatable bonds is 4. The molecule has 0 bridgehead atoms. The second kappa shape index (κ2) is 8.62. The van der Waals surface area contributed by atoms with Gasteiger partial charge in [0.05, 0.1) is 16.6 Å². The number of pyridine rings is 2. The van der Waals surface area contributed by atoms with Crippen LogP contribution in [0.1, 0.15) is 39.2 Å². The fraction of sp³-hybridized carbons (Fsp3) is 0.524. The highest BCUT2D eigenvalue weighted by Crippen LogP contribution is 2.14. The molecular weight excluding hydrogens is 370 g/mol. The summed E-state index contributed by atoms with van der Waals surface area (Å²) in [6.07, 6.45) is 2.81. The van der Waals surface area contributed by atoms with Crippen LogP contribution in [0.15, 0.2) is 29.2 Å². The maximum Gasteiger partial charge on any atom is 0.407 e. The summed E-state index contributed by atoms with van der Waals surface area (Å²) >= 11 is 0. The number of nitrogens with one attached hydrogen (secondary N) is 1. The van der Waals surface area contributed by atoms with Crippen LogP contribution in [0.5, 0.6) is 0 Å². The second-order valence-electron chi connectivity index (χ2n) is 8.33. The summed E-state index contributed by atoms with van der Waals surface area (Å²) in [5.41, 5.74) is 1.21. The van der Waals surface area contributed by atoms with Crippen molar-refractivity contribution in [3.63, 3.8) is 0 Å². The first kappa shape index (κ1) is 20.8. The Hall–Kier alpha value is -2.92. The number of fused-ring (bicyclic) bond motifs is 1. The van der Waals surface area contributed by atoms with Gasteiger partial charge in [0.2, 0.25) is 0 Å². The van der Waals surface area contributed by atoms with Crippen molar-refractivity contribution in [1.82, 2.24) is 19.8 Å². The Morgan fingerprint density at radius 3 is 2.69 bits per heavy atom. The van der Waals surface area contributed by atoms with Gasteiger partial charge in [0.15, 0.2) is 0 Å². The molecular formula is C21H27N5O3. The van der Waals surface area contributed by atoms with E-state index in [9.17, 15) is 9.59 Å². The number of carbonyl (C=O) groups is 1. The number of piperidine rings is 1. The zero-order chi connectivity index (χ0) is 21.0. The van der Waals surface area contributed by atoms with Gasteiger partial charge in [-0.1, -0.05) is 0 Å². The molecule has 2 aromatic heterocycles. The normalized spacial score (nSPS) is 15.8. The van der Waals surface area contributed by atoms with Gasteiger partial charge >= 0.3 is 6.09 Å². The predicted molar refractivity (Wildman–Crippen MR) is 110 cm³/mol. The van der Waals surface area contributed by atoms with Crippen LogP contribution in [0.4, 0.5) is 4.79 Å². The molecule has 1 amide bonds. The lowest BCUT2D eigenvalue weighted by Crippen LogP contribution is -2.46. The molecule has 0 radical (unpaired) electrons. The van der Waals surface area contributed by atoms with Gasteiger partial charge in [0.1, 0.15) is 11.7 Å². The van der Waals surface area contributed by atoms with E-state index in [0.717, 1.165) is 32.5 Å². The molecule has 8 heteroatoms. The molecule has 1 N–H and O–H groups in total. The average molecular weight is 397 g/mol. The number of alkyl carbamates (subject to hydrolysis) is 1. The quantitative estimate of drug-likeness (QED) is 0.849. The summed E-state index contributed by atoms with van der Waals surface area (Å²) in [6.45, 7) is 8.45. The molecule has 0 aliphatic carbocycles. The van der Waals surface area contributed by atoms with Gasteiger partial charge in [0, 0.05) is 44.5 Å². The van der Waals surface area contributed by atoms with E-state index in [1.807, 2.05) is 20.8 Å². The minimum Gasteiger partial charge on any atom is -0.444 e. The van der Waals surface area contributed by atoms with Crippen LogP contribution < -0.4 is 10.9 Å². The van der Waals surface area contributed by atoms with Crippen LogP contribution in [0.3, 0.4) is 0 Å². The number of nitrogens with zero attached hydrogens (tertiary/aromatic N) is 4. The molecule has 1 aliphatic heterocycles. The number of likely N-dealkylation sites (tertiary alicyclic amines) is 1. The Morgan fingerprint density at radius 2 is 2.03 bits per heavy atom. The van der Waals surface area contributed by atoms with E-state index in [0.29, 0.717) is 23.1 Å². The molecule has 2 aromatic rings. The molecule has 29 heavy (non-hydrogen) atoms. The Balaban J connectivity index is 1.57. The summed E-state index contributed by atoms with van der Waals surface area (Å²) in [4.78, 5) is 30.8. The van der Waals surface area contributed by atoms with Crippen LogP contribution >= 0.6 is 0 Å². The zero-order valence-corrected chi connectivity index (χ0v) is 17.1. The maximum absolute atomic E-state index is 12.4. The molecule has 0 atom stereocenters. The highest BCUT2D eigenvalue weighted by atomic mass is 16.6. The summed E-state index contributed by atoms with van der Waals surface area (Å²) in [5, 5.41) is 12.0. The number of aromatic nitrogens is 2. The van der Waals surface area contributed by atoms with Gasteiger partial charge in [-0.3, -0.25) is 9.78 Å². The van der Waals surface area contributed by atoms with E-state index >= 15 is 0 Å². The van der Waals surface area contributed by atoms with Crippen LogP contribution in [0, 0.1) is 11.3 Å². The Bertz CT molecular complexity index is 978. The first-order valence-corrected chi connectivity index (χ1v) is 9.87. The first-order chi connectivity index (χ1) is 13.7. The summed E-state index contributed by atoms with van der Waals surface area (Å²) < 4.78 is 6.99. The lowest BCUT2D eigenvalue weighted by Gasteiger charge is -2.33. The van der Waals surface area contributed by atoms with Crippen molar-refractivity contribution in [1.29, 1.82) is 5.26 Å². The number of nitriles is 1. The monoisotopic (exact) mass is 397 g/mol. The lowest BCUT2D eigenvalue weighted by atomic mass is 10.1. The van der Waals surface area contributed by atoms with E-state index < -0.39 is 5.60 Å². The largest absolute Gasteiger partial charge is 0.444 e. The van der Waals surface area contributed by atoms with E-state index in [2.05, 4.69) is 21.3 Å². The number of ether oxygens (including phenoxy) is 1. The minimum absolute atomic E-state index is 0.101. The van der Waals surface area contributed by atoms with Gasteiger partial charge in [-0.25, -0.2) is 4.79 Å². The molecule has 0 saturated carbocycles. The third-order valence-corrected chi connectivity index (χ3v) is 4.92. The molecule has 0 spiro atoms. The molecule has 1 fully saturated rings. The smallest absolute Gasteiger partial charge is 0.407 e. The number of hydrogen-bond acceptors (Lipinski definition) is 6. The van der Waals surface area contributed by atoms with Crippen molar-refractivity contribution in [2.75, 3.05) is 19.6 Å². The fourth-order valence-electron chi connectivity index (χ4n) is 3.48. The van der Waals surface area contributed by atoms with Gasteiger partial charge in [-0.15, -0.1) is 0 Å². The standard InChI is InChI=1S/C21H27N5O3/c1-21(2,3)29-20(28)24-16-6-8-25(9-7-16)10-11-26-18-12-15(13-22)14-23-17(18)4-5-19(26)27/h4-5,12,14,16H,6-11H2,1-3H3,(H,24,28). The molecule has 1 aliphatic rings. The van der Waals surface area contributed by atoms with Crippen molar-refractivity contribution >= 4 is 17.1 Å². The van der Waals surface area contributed by atoms with E-state index in [-0.39, 0.29) is 17.7 Å². The Labute approximate surface area is 170 Å². The third-order valence-electron chi connectivity index (χ3n) is 4.92. The molecule has 3 heterocycles. The van der Waals surface area contributed by atoms with E-state index in [1.165, 1.54) is 12.3 Å². The second-order valence-corrected chi connectivity index (χ2v) is 8.33. The van der Waals surface area contributed by atoms with Crippen molar-refractivity contribution in [3.8, 4) is 6.07 Å². The average Bonchev–Trinajstić information content (AvgIpc) is 2.66. The maximum atomic E-state index is 12.4. The van der Waals surface area contributed by atoms with Crippen LogP contribution in [-0.4, -0.2) is 51.8 Å². The number of hydrogen-bond donors (Lipinski definition) is 1. The fourth-order valence-corrected chi connectivity index (χ4v) is 3.48. The van der Waals surface area contributed by atoms with Crippen LogP contribution in [0.2, 0.25) is 0 Å². The van der Waals surface area contributed by atoms with Gasteiger partial charge < -0.3 is 19.5 Å². The lowest BCUT2D eigenvalue weighted by molar-refractivity contribution is 0.0478. The van der Waals surface area contributed by atoms with Gasteiger partial charge in [-0.2, -0.15) is 5.26 Å². The first-order valence-electron chi connectivity index (χ1n) is 9.87. The number of amides is 1. The van der Waals surface area contributed by atoms with Crippen molar-refractivity contribution in [2.45, 2.75) is 51.8 Å². The number of carbonyl (C=O) groups excluding carboxylic acids is 1.